The van der Waals surface area contributed by atoms with Crippen molar-refractivity contribution in [1.29, 1.82) is 0 Å². The summed E-state index contributed by atoms with van der Waals surface area (Å²) in [6.45, 7) is 1.96. The van der Waals surface area contributed by atoms with Crippen LogP contribution in [-0.4, -0.2) is 57.6 Å². The number of likely N-dealkylation sites (N-methyl/N-ethyl adjacent to an activating group) is 1. The number of halogens is 1. The first-order valence-corrected chi connectivity index (χ1v) is 10.7. The van der Waals surface area contributed by atoms with E-state index in [4.69, 9.17) is 0 Å². The fraction of sp³-hybridized carbons (Fsp3) is 0.400. The van der Waals surface area contributed by atoms with Crippen LogP contribution in [0.3, 0.4) is 0 Å². The van der Waals surface area contributed by atoms with Crippen LogP contribution < -0.4 is 0 Å². The van der Waals surface area contributed by atoms with Crippen LogP contribution in [0, 0.1) is 23.6 Å². The number of likely N-dealkylation sites (tertiary alicyclic amines) is 1. The quantitative estimate of drug-likeness (QED) is 0.548. The molecule has 2 unspecified atom stereocenters. The lowest BCUT2D eigenvalue weighted by molar-refractivity contribution is -0.130. The Morgan fingerprint density at radius 1 is 1.19 bits per heavy atom. The number of ketones is 1. The fourth-order valence-corrected chi connectivity index (χ4v) is 4.84. The maximum absolute atomic E-state index is 14.1. The molecule has 4 rings (SSSR count). The number of hydrogen-bond donors (Lipinski definition) is 0. The Kier molecular flexibility index (Phi) is 5.88. The van der Waals surface area contributed by atoms with Crippen molar-refractivity contribution in [2.75, 3.05) is 13.6 Å². The molecular weight excluding hydrogens is 409 g/mol. The molecule has 2 heterocycles. The standard InChI is InChI=1S/C25H26FN3O3/c1-16(30)28(3)23-15-29(21-12-6-4-5-10-19(21)23)25(32)22-13-17(14-27(22)2)24(31)18-9-7-8-11-20(18)26/h7-9,11,13-14,19,21,23H,5,10,12,15H2,1-3H3/t19?,21?,23-/m0/s1. The van der Waals surface area contributed by atoms with E-state index in [1.165, 1.54) is 31.2 Å². The Hall–Kier alpha value is -3.40. The first-order chi connectivity index (χ1) is 15.3. The number of carbonyl (C=O) groups is 3. The van der Waals surface area contributed by atoms with Crippen molar-refractivity contribution >= 4 is 17.6 Å². The van der Waals surface area contributed by atoms with Crippen LogP contribution in [0.4, 0.5) is 4.39 Å². The number of nitrogens with zero attached hydrogens (tertiary/aromatic N) is 3. The Balaban J connectivity index is 1.64. The van der Waals surface area contributed by atoms with E-state index in [0.29, 0.717) is 18.7 Å². The summed E-state index contributed by atoms with van der Waals surface area (Å²) >= 11 is 0. The number of fused-ring (bicyclic) bond motifs is 1. The van der Waals surface area contributed by atoms with Crippen LogP contribution in [-0.2, 0) is 11.8 Å². The molecule has 1 aromatic carbocycles. The molecule has 1 aliphatic carbocycles. The summed E-state index contributed by atoms with van der Waals surface area (Å²) in [7, 11) is 3.47. The Morgan fingerprint density at radius 3 is 2.66 bits per heavy atom. The molecule has 1 aliphatic heterocycles. The minimum Gasteiger partial charge on any atom is -0.346 e. The van der Waals surface area contributed by atoms with Gasteiger partial charge in [0.15, 0.2) is 5.78 Å². The number of rotatable bonds is 4. The third-order valence-electron chi connectivity index (χ3n) is 6.67. The molecule has 0 N–H and O–H groups in total. The van der Waals surface area contributed by atoms with Gasteiger partial charge in [-0.3, -0.25) is 14.4 Å². The molecule has 2 amide bonds. The largest absolute Gasteiger partial charge is 0.346 e. The summed E-state index contributed by atoms with van der Waals surface area (Å²) in [6.07, 6.45) is 3.69. The zero-order valence-corrected chi connectivity index (χ0v) is 18.5. The molecule has 3 atom stereocenters. The van der Waals surface area contributed by atoms with Gasteiger partial charge in [0.1, 0.15) is 11.5 Å². The number of amides is 2. The molecule has 7 heteroatoms. The predicted molar refractivity (Wildman–Crippen MR) is 117 cm³/mol. The highest BCUT2D eigenvalue weighted by atomic mass is 19.1. The lowest BCUT2D eigenvalue weighted by Crippen LogP contribution is -2.41. The second kappa shape index (κ2) is 8.62. The molecule has 1 aromatic heterocycles. The summed E-state index contributed by atoms with van der Waals surface area (Å²) in [5.74, 6) is 5.13. The van der Waals surface area contributed by atoms with Crippen molar-refractivity contribution in [2.45, 2.75) is 38.3 Å². The molecule has 0 bridgehead atoms. The highest BCUT2D eigenvalue weighted by Gasteiger charge is 2.46. The molecule has 0 saturated carbocycles. The van der Waals surface area contributed by atoms with Gasteiger partial charge in [-0.15, -0.1) is 11.8 Å². The average Bonchev–Trinajstić information content (AvgIpc) is 3.24. The number of carbonyl (C=O) groups excluding carboxylic acids is 3. The fourth-order valence-electron chi connectivity index (χ4n) is 4.84. The maximum atomic E-state index is 14.1. The third kappa shape index (κ3) is 3.81. The summed E-state index contributed by atoms with van der Waals surface area (Å²) in [5.41, 5.74) is 0.585. The molecule has 6 nitrogen and oxygen atoms in total. The Labute approximate surface area is 187 Å². The van der Waals surface area contributed by atoms with E-state index in [1.807, 2.05) is 0 Å². The Morgan fingerprint density at radius 2 is 1.94 bits per heavy atom. The highest BCUT2D eigenvalue weighted by molar-refractivity contribution is 6.10. The lowest BCUT2D eigenvalue weighted by Gasteiger charge is -2.29. The molecule has 2 aliphatic rings. The van der Waals surface area contributed by atoms with Crippen LogP contribution in [0.2, 0.25) is 0 Å². The van der Waals surface area contributed by atoms with Gasteiger partial charge in [-0.2, -0.15) is 0 Å². The monoisotopic (exact) mass is 435 g/mol. The van der Waals surface area contributed by atoms with Crippen molar-refractivity contribution < 1.29 is 18.8 Å². The number of hydrogen-bond acceptors (Lipinski definition) is 3. The van der Waals surface area contributed by atoms with E-state index >= 15 is 0 Å². The molecule has 0 spiro atoms. The molecule has 32 heavy (non-hydrogen) atoms. The van der Waals surface area contributed by atoms with Crippen LogP contribution >= 0.6 is 0 Å². The smallest absolute Gasteiger partial charge is 0.270 e. The van der Waals surface area contributed by atoms with Gasteiger partial charge in [0.2, 0.25) is 5.91 Å². The van der Waals surface area contributed by atoms with E-state index in [9.17, 15) is 18.8 Å². The molecule has 1 saturated heterocycles. The van der Waals surface area contributed by atoms with Gasteiger partial charge in [-0.05, 0) is 24.6 Å². The average molecular weight is 435 g/mol. The van der Waals surface area contributed by atoms with E-state index < -0.39 is 11.6 Å². The van der Waals surface area contributed by atoms with Crippen molar-refractivity contribution in [3.05, 3.63) is 59.2 Å². The summed E-state index contributed by atoms with van der Waals surface area (Å²) < 4.78 is 15.7. The number of aryl methyl sites for hydroxylation is 1. The normalized spacial score (nSPS) is 21.9. The zero-order chi connectivity index (χ0) is 23.0. The van der Waals surface area contributed by atoms with Crippen molar-refractivity contribution in [3.63, 3.8) is 0 Å². The topological polar surface area (TPSA) is 62.6 Å². The Bertz CT molecular complexity index is 1140. The summed E-state index contributed by atoms with van der Waals surface area (Å²) in [5, 5.41) is 0. The SMILES string of the molecule is CC(=O)N(C)[C@H]1CN(C(=O)c2cc(C(=O)c3ccccc3F)cn2C)C2CC#CCCC21. The molecule has 0 radical (unpaired) electrons. The predicted octanol–water partition coefficient (Wildman–Crippen LogP) is 2.87. The minimum absolute atomic E-state index is 0.0273. The zero-order valence-electron chi connectivity index (χ0n) is 18.5. The van der Waals surface area contributed by atoms with E-state index in [-0.39, 0.29) is 40.9 Å². The molecule has 1 fully saturated rings. The second-order valence-corrected chi connectivity index (χ2v) is 8.52. The van der Waals surface area contributed by atoms with Gasteiger partial charge in [0.25, 0.3) is 5.91 Å². The summed E-state index contributed by atoms with van der Waals surface area (Å²) in [6, 6.07) is 7.16. The first kappa shape index (κ1) is 21.8. The number of aromatic nitrogens is 1. The van der Waals surface area contributed by atoms with Gasteiger partial charge >= 0.3 is 0 Å². The van der Waals surface area contributed by atoms with E-state index in [0.717, 1.165) is 12.8 Å². The van der Waals surface area contributed by atoms with Gasteiger partial charge in [0.05, 0.1) is 11.6 Å². The van der Waals surface area contributed by atoms with Gasteiger partial charge in [0, 0.05) is 64.1 Å². The first-order valence-electron chi connectivity index (χ1n) is 10.7. The number of benzene rings is 1. The molecule has 2 aromatic rings. The van der Waals surface area contributed by atoms with Crippen LogP contribution in [0.25, 0.3) is 0 Å². The molecule has 166 valence electrons. The van der Waals surface area contributed by atoms with Crippen LogP contribution in [0.5, 0.6) is 0 Å². The third-order valence-corrected chi connectivity index (χ3v) is 6.67. The minimum atomic E-state index is -0.594. The van der Waals surface area contributed by atoms with Crippen molar-refractivity contribution in [2.24, 2.45) is 13.0 Å². The highest BCUT2D eigenvalue weighted by Crippen LogP contribution is 2.35. The van der Waals surface area contributed by atoms with Crippen molar-refractivity contribution in [1.82, 2.24) is 14.4 Å². The maximum Gasteiger partial charge on any atom is 0.270 e. The lowest BCUT2D eigenvalue weighted by atomic mass is 9.90. The van der Waals surface area contributed by atoms with Crippen molar-refractivity contribution in [3.8, 4) is 11.8 Å². The summed E-state index contributed by atoms with van der Waals surface area (Å²) in [4.78, 5) is 42.0. The van der Waals surface area contributed by atoms with Crippen LogP contribution in [0.1, 0.15) is 52.6 Å². The molecular formula is C25H26FN3O3. The van der Waals surface area contributed by atoms with Gasteiger partial charge in [-0.1, -0.05) is 12.1 Å². The van der Waals surface area contributed by atoms with Crippen LogP contribution in [0.15, 0.2) is 36.5 Å². The van der Waals surface area contributed by atoms with E-state index in [2.05, 4.69) is 11.8 Å². The second-order valence-electron chi connectivity index (χ2n) is 8.52. The van der Waals surface area contributed by atoms with Gasteiger partial charge in [-0.25, -0.2) is 4.39 Å². The van der Waals surface area contributed by atoms with Gasteiger partial charge < -0.3 is 14.4 Å². The van der Waals surface area contributed by atoms with E-state index in [1.54, 1.807) is 40.7 Å².